The Morgan fingerprint density at radius 3 is 2.63 bits per heavy atom. The lowest BCUT2D eigenvalue weighted by Crippen LogP contribution is -2.14. The molecule has 6 heteroatoms. The van der Waals surface area contributed by atoms with Gasteiger partial charge in [0, 0.05) is 10.7 Å². The van der Waals surface area contributed by atoms with Gasteiger partial charge in [-0.15, -0.1) is 0 Å². The number of benzene rings is 2. The number of unbranched alkanes of at least 4 members (excludes halogenated alkanes) is 3. The van der Waals surface area contributed by atoms with Crippen LogP contribution in [0, 0.1) is 18.3 Å². The number of nitriles is 1. The highest BCUT2D eigenvalue weighted by Crippen LogP contribution is 2.29. The summed E-state index contributed by atoms with van der Waals surface area (Å²) in [5, 5.41) is 12.8. The molecule has 158 valence electrons. The molecule has 1 N–H and O–H groups in total. The minimum Gasteiger partial charge on any atom is -0.493 e. The number of ether oxygens (including phenoxy) is 2. The topological polar surface area (TPSA) is 71.3 Å². The fraction of sp³-hybridized carbons (Fsp3) is 0.333. The van der Waals surface area contributed by atoms with Crippen molar-refractivity contribution in [2.45, 2.75) is 39.5 Å². The van der Waals surface area contributed by atoms with Gasteiger partial charge >= 0.3 is 0 Å². The third kappa shape index (κ3) is 6.82. The summed E-state index contributed by atoms with van der Waals surface area (Å²) in [4.78, 5) is 12.5. The van der Waals surface area contributed by atoms with Crippen LogP contribution in [0.2, 0.25) is 5.02 Å². The zero-order chi connectivity index (χ0) is 21.9. The zero-order valence-electron chi connectivity index (χ0n) is 17.6. The quantitative estimate of drug-likeness (QED) is 0.280. The van der Waals surface area contributed by atoms with Gasteiger partial charge in [0.2, 0.25) is 0 Å². The molecule has 0 aromatic heterocycles. The third-order valence-corrected chi connectivity index (χ3v) is 4.79. The Morgan fingerprint density at radius 2 is 1.97 bits per heavy atom. The summed E-state index contributed by atoms with van der Waals surface area (Å²) in [6.07, 6.45) is 6.01. The van der Waals surface area contributed by atoms with E-state index in [1.54, 1.807) is 43.5 Å². The van der Waals surface area contributed by atoms with Crippen LogP contribution in [-0.2, 0) is 4.79 Å². The van der Waals surface area contributed by atoms with Gasteiger partial charge in [0.15, 0.2) is 11.5 Å². The number of aryl methyl sites for hydroxylation is 1. The number of rotatable bonds is 10. The summed E-state index contributed by atoms with van der Waals surface area (Å²) < 4.78 is 11.2. The van der Waals surface area contributed by atoms with E-state index >= 15 is 0 Å². The molecular formula is C24H27ClN2O3. The molecule has 1 amide bonds. The van der Waals surface area contributed by atoms with Crippen molar-refractivity contribution in [3.05, 3.63) is 58.1 Å². The third-order valence-electron chi connectivity index (χ3n) is 4.56. The van der Waals surface area contributed by atoms with Crippen molar-refractivity contribution < 1.29 is 14.3 Å². The van der Waals surface area contributed by atoms with Gasteiger partial charge in [0.05, 0.1) is 13.7 Å². The summed E-state index contributed by atoms with van der Waals surface area (Å²) in [6.45, 7) is 4.63. The van der Waals surface area contributed by atoms with Gasteiger partial charge in [-0.05, 0) is 60.9 Å². The highest BCUT2D eigenvalue weighted by atomic mass is 35.5. The van der Waals surface area contributed by atoms with Crippen LogP contribution in [-0.4, -0.2) is 19.6 Å². The molecule has 0 aliphatic carbocycles. The Labute approximate surface area is 183 Å². The van der Waals surface area contributed by atoms with E-state index in [2.05, 4.69) is 12.2 Å². The average molecular weight is 427 g/mol. The molecule has 0 fully saturated rings. The van der Waals surface area contributed by atoms with E-state index in [4.69, 9.17) is 21.1 Å². The van der Waals surface area contributed by atoms with Crippen LogP contribution >= 0.6 is 11.6 Å². The maximum absolute atomic E-state index is 12.5. The standard InChI is InChI=1S/C24H27ClN2O3/c1-4-5-6-7-12-30-22-11-8-18(15-23(22)29-3)14-19(16-26)24(28)27-21-10-9-20(25)13-17(21)2/h8-11,13-15H,4-7,12H2,1-3H3,(H,27,28). The lowest BCUT2D eigenvalue weighted by molar-refractivity contribution is -0.112. The molecule has 5 nitrogen and oxygen atoms in total. The van der Waals surface area contributed by atoms with Crippen LogP contribution in [0.4, 0.5) is 5.69 Å². The van der Waals surface area contributed by atoms with Crippen molar-refractivity contribution in [3.63, 3.8) is 0 Å². The van der Waals surface area contributed by atoms with Crippen molar-refractivity contribution in [1.29, 1.82) is 5.26 Å². The first-order valence-electron chi connectivity index (χ1n) is 9.98. The van der Waals surface area contributed by atoms with Crippen molar-refractivity contribution in [1.82, 2.24) is 0 Å². The summed E-state index contributed by atoms with van der Waals surface area (Å²) in [6, 6.07) is 12.4. The second-order valence-corrected chi connectivity index (χ2v) is 7.34. The number of hydrogen-bond donors (Lipinski definition) is 1. The lowest BCUT2D eigenvalue weighted by atomic mass is 10.1. The van der Waals surface area contributed by atoms with E-state index in [0.29, 0.717) is 34.4 Å². The molecule has 0 unspecified atom stereocenters. The summed E-state index contributed by atoms with van der Waals surface area (Å²) >= 11 is 5.95. The van der Waals surface area contributed by atoms with E-state index in [0.717, 1.165) is 18.4 Å². The zero-order valence-corrected chi connectivity index (χ0v) is 18.4. The fourth-order valence-corrected chi connectivity index (χ4v) is 3.10. The molecule has 2 rings (SSSR count). The molecule has 0 heterocycles. The van der Waals surface area contributed by atoms with Crippen LogP contribution in [0.25, 0.3) is 6.08 Å². The number of hydrogen-bond acceptors (Lipinski definition) is 4. The van der Waals surface area contributed by atoms with Gasteiger partial charge in [-0.25, -0.2) is 0 Å². The molecule has 0 radical (unpaired) electrons. The van der Waals surface area contributed by atoms with Crippen molar-refractivity contribution in [2.75, 3.05) is 19.0 Å². The number of nitrogens with zero attached hydrogens (tertiary/aromatic N) is 1. The molecule has 0 saturated heterocycles. The fourth-order valence-electron chi connectivity index (χ4n) is 2.88. The van der Waals surface area contributed by atoms with Gasteiger partial charge in [0.1, 0.15) is 11.6 Å². The number of nitrogens with one attached hydrogen (secondary N) is 1. The van der Waals surface area contributed by atoms with E-state index in [1.807, 2.05) is 13.0 Å². The number of methoxy groups -OCH3 is 1. The molecule has 0 atom stereocenters. The Kier molecular flexibility index (Phi) is 9.24. The second-order valence-electron chi connectivity index (χ2n) is 6.90. The Balaban J connectivity index is 2.12. The van der Waals surface area contributed by atoms with Gasteiger partial charge in [-0.1, -0.05) is 43.9 Å². The van der Waals surface area contributed by atoms with Gasteiger partial charge in [0.25, 0.3) is 5.91 Å². The van der Waals surface area contributed by atoms with Gasteiger partial charge < -0.3 is 14.8 Å². The first kappa shape index (κ1) is 23.3. The largest absolute Gasteiger partial charge is 0.493 e. The molecule has 0 aliphatic rings. The van der Waals surface area contributed by atoms with Gasteiger partial charge in [-0.2, -0.15) is 5.26 Å². The predicted molar refractivity (Wildman–Crippen MR) is 121 cm³/mol. The number of carbonyl (C=O) groups is 1. The highest BCUT2D eigenvalue weighted by molar-refractivity contribution is 6.30. The Morgan fingerprint density at radius 1 is 1.17 bits per heavy atom. The SMILES string of the molecule is CCCCCCOc1ccc(C=C(C#N)C(=O)Nc2ccc(Cl)cc2C)cc1OC. The van der Waals surface area contributed by atoms with Crippen LogP contribution in [0.1, 0.15) is 43.7 Å². The monoisotopic (exact) mass is 426 g/mol. The first-order chi connectivity index (χ1) is 14.5. The smallest absolute Gasteiger partial charge is 0.266 e. The van der Waals surface area contributed by atoms with Crippen LogP contribution in [0.3, 0.4) is 0 Å². The molecule has 2 aromatic rings. The summed E-state index contributed by atoms with van der Waals surface area (Å²) in [5.41, 5.74) is 2.08. The van der Waals surface area contributed by atoms with E-state index in [-0.39, 0.29) is 5.57 Å². The van der Waals surface area contributed by atoms with E-state index in [1.165, 1.54) is 18.9 Å². The maximum atomic E-state index is 12.5. The number of anilines is 1. The predicted octanol–water partition coefficient (Wildman–Crippen LogP) is 6.16. The molecule has 2 aromatic carbocycles. The minimum absolute atomic E-state index is 0.0142. The van der Waals surface area contributed by atoms with Crippen molar-refractivity contribution >= 4 is 29.3 Å². The normalized spacial score (nSPS) is 11.0. The average Bonchev–Trinajstić information content (AvgIpc) is 2.74. The molecule has 0 spiro atoms. The second kappa shape index (κ2) is 11.9. The highest BCUT2D eigenvalue weighted by Gasteiger charge is 2.12. The summed E-state index contributed by atoms with van der Waals surface area (Å²) in [7, 11) is 1.56. The van der Waals surface area contributed by atoms with E-state index in [9.17, 15) is 10.1 Å². The number of carbonyl (C=O) groups excluding carboxylic acids is 1. The number of halogens is 1. The molecular weight excluding hydrogens is 400 g/mol. The van der Waals surface area contributed by atoms with Gasteiger partial charge in [-0.3, -0.25) is 4.79 Å². The molecule has 0 saturated carbocycles. The number of amides is 1. The van der Waals surface area contributed by atoms with Crippen LogP contribution < -0.4 is 14.8 Å². The Hall–Kier alpha value is -2.97. The van der Waals surface area contributed by atoms with Crippen molar-refractivity contribution in [3.8, 4) is 17.6 Å². The Bertz CT molecular complexity index is 948. The van der Waals surface area contributed by atoms with Crippen LogP contribution in [0.15, 0.2) is 42.0 Å². The summed E-state index contributed by atoms with van der Waals surface area (Å²) in [5.74, 6) is 0.717. The molecule has 0 aliphatic heterocycles. The van der Waals surface area contributed by atoms with Crippen molar-refractivity contribution in [2.24, 2.45) is 0 Å². The molecule has 30 heavy (non-hydrogen) atoms. The van der Waals surface area contributed by atoms with Crippen LogP contribution in [0.5, 0.6) is 11.5 Å². The minimum atomic E-state index is -0.488. The van der Waals surface area contributed by atoms with E-state index < -0.39 is 5.91 Å². The maximum Gasteiger partial charge on any atom is 0.266 e. The molecule has 0 bridgehead atoms. The lowest BCUT2D eigenvalue weighted by Gasteiger charge is -2.11. The first-order valence-corrected chi connectivity index (χ1v) is 10.4.